The maximum atomic E-state index is 14.3. The van der Waals surface area contributed by atoms with Crippen molar-refractivity contribution in [3.05, 3.63) is 96.0 Å². The molecule has 0 fully saturated rings. The molecule has 130 valence electrons. The van der Waals surface area contributed by atoms with Crippen molar-refractivity contribution in [2.45, 2.75) is 13.0 Å². The Balaban J connectivity index is 1.47. The molecule has 1 aromatic heterocycles. The lowest BCUT2D eigenvalue weighted by Gasteiger charge is -2.27. The lowest BCUT2D eigenvalue weighted by Crippen LogP contribution is -2.25. The molecule has 0 saturated carbocycles. The minimum Gasteiger partial charge on any atom is -0.373 e. The average Bonchev–Trinajstić information content (AvgIpc) is 3.20. The van der Waals surface area contributed by atoms with Crippen LogP contribution in [0.2, 0.25) is 0 Å². The lowest BCUT2D eigenvalue weighted by atomic mass is 10.0. The summed E-state index contributed by atoms with van der Waals surface area (Å²) >= 11 is 0. The van der Waals surface area contributed by atoms with E-state index in [1.807, 2.05) is 6.07 Å². The first-order valence-electron chi connectivity index (χ1n) is 8.52. The van der Waals surface area contributed by atoms with Crippen LogP contribution in [0.1, 0.15) is 21.5 Å². The van der Waals surface area contributed by atoms with E-state index >= 15 is 0 Å². The highest BCUT2D eigenvalue weighted by atomic mass is 19.1. The smallest absolute Gasteiger partial charge is 0.187 e. The van der Waals surface area contributed by atoms with Crippen LogP contribution < -0.4 is 0 Å². The number of hydrogen-bond donors (Lipinski definition) is 0. The van der Waals surface area contributed by atoms with Gasteiger partial charge in [-0.3, -0.25) is 4.79 Å². The molecule has 0 aliphatic carbocycles. The summed E-state index contributed by atoms with van der Waals surface area (Å²) in [5.41, 5.74) is 3.35. The molecule has 0 saturated heterocycles. The maximum Gasteiger partial charge on any atom is 0.187 e. The Morgan fingerprint density at radius 1 is 1.15 bits per heavy atom. The number of halogens is 1. The first-order chi connectivity index (χ1) is 12.7. The fraction of sp³-hybridized carbons (Fsp3) is 0.143. The summed E-state index contributed by atoms with van der Waals surface area (Å²) in [6, 6.07) is 12.8. The molecule has 26 heavy (non-hydrogen) atoms. The van der Waals surface area contributed by atoms with Gasteiger partial charge in [0.15, 0.2) is 5.78 Å². The van der Waals surface area contributed by atoms with Crippen LogP contribution in [0.4, 0.5) is 4.39 Å². The SMILES string of the molecule is O=C(C=CN1CCc2ccccc2C1)c1ccc(-n2ccnc2)c(F)c1. The van der Waals surface area contributed by atoms with Crippen LogP contribution in [0, 0.1) is 5.82 Å². The van der Waals surface area contributed by atoms with Crippen LogP contribution >= 0.6 is 0 Å². The van der Waals surface area contributed by atoms with Gasteiger partial charge in [0.2, 0.25) is 0 Å². The van der Waals surface area contributed by atoms with Crippen LogP contribution in [0.15, 0.2) is 73.5 Å². The normalized spacial score (nSPS) is 13.8. The van der Waals surface area contributed by atoms with Crippen LogP contribution in [0.25, 0.3) is 5.69 Å². The highest BCUT2D eigenvalue weighted by Crippen LogP contribution is 2.19. The third-order valence-corrected chi connectivity index (χ3v) is 4.61. The third-order valence-electron chi connectivity index (χ3n) is 4.61. The van der Waals surface area contributed by atoms with Gasteiger partial charge in [0.1, 0.15) is 5.82 Å². The number of fused-ring (bicyclic) bond motifs is 1. The molecule has 4 rings (SSSR count). The molecule has 0 N–H and O–H groups in total. The van der Waals surface area contributed by atoms with Crippen LogP contribution in [0.3, 0.4) is 0 Å². The van der Waals surface area contributed by atoms with Crippen molar-refractivity contribution in [2.75, 3.05) is 6.54 Å². The largest absolute Gasteiger partial charge is 0.373 e. The predicted octanol–water partition coefficient (Wildman–Crippen LogP) is 3.77. The minimum absolute atomic E-state index is 0.208. The molecule has 3 aromatic rings. The number of imidazole rings is 1. The van der Waals surface area contributed by atoms with Crippen LogP contribution in [0.5, 0.6) is 0 Å². The summed E-state index contributed by atoms with van der Waals surface area (Å²) in [5, 5.41) is 0. The Morgan fingerprint density at radius 2 is 2.00 bits per heavy atom. The van der Waals surface area contributed by atoms with E-state index in [2.05, 4.69) is 28.1 Å². The first-order valence-corrected chi connectivity index (χ1v) is 8.52. The number of carbonyl (C=O) groups excluding carboxylic acids is 1. The fourth-order valence-corrected chi connectivity index (χ4v) is 3.19. The van der Waals surface area contributed by atoms with E-state index in [-0.39, 0.29) is 5.78 Å². The van der Waals surface area contributed by atoms with Crippen molar-refractivity contribution in [3.8, 4) is 5.69 Å². The van der Waals surface area contributed by atoms with Gasteiger partial charge in [-0.2, -0.15) is 0 Å². The summed E-state index contributed by atoms with van der Waals surface area (Å²) in [7, 11) is 0. The van der Waals surface area contributed by atoms with Gasteiger partial charge < -0.3 is 9.47 Å². The Morgan fingerprint density at radius 3 is 2.77 bits per heavy atom. The molecule has 2 heterocycles. The van der Waals surface area contributed by atoms with Gasteiger partial charge in [-0.15, -0.1) is 0 Å². The van der Waals surface area contributed by atoms with E-state index in [0.717, 1.165) is 19.5 Å². The molecule has 0 unspecified atom stereocenters. The molecular formula is C21H18FN3O. The Kier molecular flexibility index (Phi) is 4.35. The molecule has 1 aliphatic heterocycles. The number of allylic oxidation sites excluding steroid dienone is 1. The number of rotatable bonds is 4. The highest BCUT2D eigenvalue weighted by molar-refractivity contribution is 6.04. The zero-order valence-corrected chi connectivity index (χ0v) is 14.2. The van der Waals surface area contributed by atoms with E-state index < -0.39 is 5.82 Å². The van der Waals surface area contributed by atoms with Crippen molar-refractivity contribution >= 4 is 5.78 Å². The van der Waals surface area contributed by atoms with Crippen molar-refractivity contribution in [1.82, 2.24) is 14.5 Å². The van der Waals surface area contributed by atoms with Gasteiger partial charge in [0, 0.05) is 43.3 Å². The van der Waals surface area contributed by atoms with E-state index in [0.29, 0.717) is 11.3 Å². The molecule has 1 aliphatic rings. The van der Waals surface area contributed by atoms with Gasteiger partial charge >= 0.3 is 0 Å². The average molecular weight is 347 g/mol. The highest BCUT2D eigenvalue weighted by Gasteiger charge is 2.13. The number of hydrogen-bond acceptors (Lipinski definition) is 3. The zero-order valence-electron chi connectivity index (χ0n) is 14.2. The Labute approximate surface area is 151 Å². The topological polar surface area (TPSA) is 38.1 Å². The number of aromatic nitrogens is 2. The van der Waals surface area contributed by atoms with Crippen LogP contribution in [-0.2, 0) is 13.0 Å². The summed E-state index contributed by atoms with van der Waals surface area (Å²) in [6.45, 7) is 1.66. The summed E-state index contributed by atoms with van der Waals surface area (Å²) < 4.78 is 15.9. The molecular weight excluding hydrogens is 329 g/mol. The summed E-state index contributed by atoms with van der Waals surface area (Å²) in [6.07, 6.45) is 9.04. The van der Waals surface area contributed by atoms with Gasteiger partial charge in [0.05, 0.1) is 12.0 Å². The number of benzene rings is 2. The number of carbonyl (C=O) groups is 1. The fourth-order valence-electron chi connectivity index (χ4n) is 3.19. The van der Waals surface area contributed by atoms with Gasteiger partial charge in [-0.25, -0.2) is 9.37 Å². The zero-order chi connectivity index (χ0) is 17.9. The second-order valence-corrected chi connectivity index (χ2v) is 6.31. The Bertz CT molecular complexity index is 963. The monoisotopic (exact) mass is 347 g/mol. The van der Waals surface area contributed by atoms with Crippen molar-refractivity contribution in [2.24, 2.45) is 0 Å². The number of ketones is 1. The Hall–Kier alpha value is -3.21. The molecule has 0 radical (unpaired) electrons. The van der Waals surface area contributed by atoms with Gasteiger partial charge in [0.25, 0.3) is 0 Å². The van der Waals surface area contributed by atoms with E-state index in [1.54, 1.807) is 35.3 Å². The van der Waals surface area contributed by atoms with Crippen molar-refractivity contribution in [1.29, 1.82) is 0 Å². The van der Waals surface area contributed by atoms with Crippen molar-refractivity contribution in [3.63, 3.8) is 0 Å². The molecule has 4 nitrogen and oxygen atoms in total. The van der Waals surface area contributed by atoms with Gasteiger partial charge in [-0.05, 0) is 35.7 Å². The standard InChI is InChI=1S/C21H18FN3O/c22-19-13-17(5-6-20(19)25-12-9-23-15-25)21(26)8-11-24-10-7-16-3-1-2-4-18(16)14-24/h1-6,8-9,11-13,15H,7,10,14H2. The summed E-state index contributed by atoms with van der Waals surface area (Å²) in [5.74, 6) is -0.658. The molecule has 0 spiro atoms. The lowest BCUT2D eigenvalue weighted by molar-refractivity contribution is 0.104. The quantitative estimate of drug-likeness (QED) is 0.533. The predicted molar refractivity (Wildman–Crippen MR) is 97.5 cm³/mol. The maximum absolute atomic E-state index is 14.3. The minimum atomic E-state index is -0.450. The van der Waals surface area contributed by atoms with Crippen molar-refractivity contribution < 1.29 is 9.18 Å². The summed E-state index contributed by atoms with van der Waals surface area (Å²) in [4.78, 5) is 18.4. The second kappa shape index (κ2) is 6.96. The molecule has 5 heteroatoms. The van der Waals surface area contributed by atoms with E-state index in [1.165, 1.54) is 29.6 Å². The molecule has 0 atom stereocenters. The molecule has 0 bridgehead atoms. The number of nitrogens with zero attached hydrogens (tertiary/aromatic N) is 3. The first kappa shape index (κ1) is 16.3. The van der Waals surface area contributed by atoms with Crippen LogP contribution in [-0.4, -0.2) is 26.8 Å². The second-order valence-electron chi connectivity index (χ2n) is 6.31. The molecule has 2 aromatic carbocycles. The molecule has 0 amide bonds. The third kappa shape index (κ3) is 3.28. The van der Waals surface area contributed by atoms with E-state index in [4.69, 9.17) is 0 Å². The van der Waals surface area contributed by atoms with Gasteiger partial charge in [-0.1, -0.05) is 24.3 Å². The van der Waals surface area contributed by atoms with E-state index in [9.17, 15) is 9.18 Å².